The molecule has 17 heavy (non-hydrogen) atoms. The van der Waals surface area contributed by atoms with Crippen molar-refractivity contribution in [2.24, 2.45) is 5.92 Å². The van der Waals surface area contributed by atoms with Gasteiger partial charge in [0, 0.05) is 19.1 Å². The Labute approximate surface area is 108 Å². The second-order valence-corrected chi connectivity index (χ2v) is 5.74. The third-order valence-corrected chi connectivity index (χ3v) is 3.88. The molecule has 102 valence electrons. The Morgan fingerprint density at radius 2 is 2.06 bits per heavy atom. The van der Waals surface area contributed by atoms with Crippen LogP contribution in [0.3, 0.4) is 0 Å². The summed E-state index contributed by atoms with van der Waals surface area (Å²) in [6.07, 6.45) is 8.19. The van der Waals surface area contributed by atoms with Crippen LogP contribution in [0.5, 0.6) is 0 Å². The Kier molecular flexibility index (Phi) is 7.87. The van der Waals surface area contributed by atoms with Crippen molar-refractivity contribution in [2.75, 3.05) is 26.2 Å². The number of nitrogens with one attached hydrogen (secondary N) is 1. The third-order valence-electron chi connectivity index (χ3n) is 3.88. The van der Waals surface area contributed by atoms with Crippen molar-refractivity contribution < 1.29 is 0 Å². The van der Waals surface area contributed by atoms with E-state index in [0.717, 1.165) is 12.0 Å². The second-order valence-electron chi connectivity index (χ2n) is 5.74. The molecule has 0 saturated carbocycles. The number of nitrogens with zero attached hydrogens (tertiary/aromatic N) is 1. The molecule has 1 aliphatic heterocycles. The van der Waals surface area contributed by atoms with E-state index >= 15 is 0 Å². The van der Waals surface area contributed by atoms with Crippen molar-refractivity contribution in [2.45, 2.75) is 65.3 Å². The third kappa shape index (κ3) is 5.87. The average Bonchev–Trinajstić information content (AvgIpc) is 2.32. The Balaban J connectivity index is 2.31. The normalized spacial score (nSPS) is 23.8. The summed E-state index contributed by atoms with van der Waals surface area (Å²) in [5, 5.41) is 3.60. The lowest BCUT2D eigenvalue weighted by Crippen LogP contribution is -2.47. The molecule has 1 fully saturated rings. The first kappa shape index (κ1) is 15.0. The zero-order chi connectivity index (χ0) is 12.5. The van der Waals surface area contributed by atoms with Crippen molar-refractivity contribution in [1.82, 2.24) is 10.2 Å². The number of hydrogen-bond donors (Lipinski definition) is 1. The highest BCUT2D eigenvalue weighted by Crippen LogP contribution is 2.19. The van der Waals surface area contributed by atoms with Gasteiger partial charge in [-0.2, -0.15) is 0 Å². The first-order valence-electron chi connectivity index (χ1n) is 7.72. The van der Waals surface area contributed by atoms with Crippen molar-refractivity contribution in [3.05, 3.63) is 0 Å². The van der Waals surface area contributed by atoms with Gasteiger partial charge in [-0.15, -0.1) is 0 Å². The van der Waals surface area contributed by atoms with E-state index in [1.54, 1.807) is 0 Å². The van der Waals surface area contributed by atoms with E-state index in [1.807, 2.05) is 0 Å². The van der Waals surface area contributed by atoms with Crippen LogP contribution in [0.25, 0.3) is 0 Å². The van der Waals surface area contributed by atoms with Crippen LogP contribution in [0.4, 0.5) is 0 Å². The molecule has 2 heteroatoms. The molecule has 1 rings (SSSR count). The summed E-state index contributed by atoms with van der Waals surface area (Å²) < 4.78 is 0. The zero-order valence-electron chi connectivity index (χ0n) is 12.2. The molecule has 0 aromatic heterocycles. The first-order valence-corrected chi connectivity index (χ1v) is 7.72. The van der Waals surface area contributed by atoms with E-state index < -0.39 is 0 Å². The van der Waals surface area contributed by atoms with Gasteiger partial charge in [0.2, 0.25) is 0 Å². The molecule has 1 saturated heterocycles. The van der Waals surface area contributed by atoms with E-state index in [4.69, 9.17) is 0 Å². The largest absolute Gasteiger partial charge is 0.315 e. The molecular formula is C15H32N2. The topological polar surface area (TPSA) is 15.3 Å². The van der Waals surface area contributed by atoms with Crippen LogP contribution in [0.2, 0.25) is 0 Å². The van der Waals surface area contributed by atoms with Gasteiger partial charge in [-0.25, -0.2) is 0 Å². The van der Waals surface area contributed by atoms with E-state index in [0.29, 0.717) is 0 Å². The summed E-state index contributed by atoms with van der Waals surface area (Å²) in [5.41, 5.74) is 0. The lowest BCUT2D eigenvalue weighted by molar-refractivity contribution is 0.124. The molecular weight excluding hydrogens is 208 g/mol. The quantitative estimate of drug-likeness (QED) is 0.655. The SMILES string of the molecule is CCCNCC1CCCCN1CC(C)CCC. The summed E-state index contributed by atoms with van der Waals surface area (Å²) in [5.74, 6) is 0.867. The van der Waals surface area contributed by atoms with Crippen LogP contribution in [-0.2, 0) is 0 Å². The fourth-order valence-corrected chi connectivity index (χ4v) is 2.96. The minimum Gasteiger partial charge on any atom is -0.315 e. The molecule has 1 aliphatic rings. The summed E-state index contributed by atoms with van der Waals surface area (Å²) >= 11 is 0. The highest BCUT2D eigenvalue weighted by Gasteiger charge is 2.22. The average molecular weight is 240 g/mol. The van der Waals surface area contributed by atoms with Crippen molar-refractivity contribution >= 4 is 0 Å². The van der Waals surface area contributed by atoms with E-state index in [-0.39, 0.29) is 0 Å². The first-order chi connectivity index (χ1) is 8.27. The molecule has 0 aliphatic carbocycles. The summed E-state index contributed by atoms with van der Waals surface area (Å²) in [6, 6.07) is 0.801. The van der Waals surface area contributed by atoms with Crippen LogP contribution in [0, 0.1) is 5.92 Å². The monoisotopic (exact) mass is 240 g/mol. The predicted molar refractivity (Wildman–Crippen MR) is 76.4 cm³/mol. The van der Waals surface area contributed by atoms with Crippen molar-refractivity contribution in [3.8, 4) is 0 Å². The fourth-order valence-electron chi connectivity index (χ4n) is 2.96. The van der Waals surface area contributed by atoms with Gasteiger partial charge in [-0.1, -0.05) is 33.6 Å². The van der Waals surface area contributed by atoms with Crippen LogP contribution >= 0.6 is 0 Å². The van der Waals surface area contributed by atoms with Gasteiger partial charge in [0.05, 0.1) is 0 Å². The number of likely N-dealkylation sites (tertiary alicyclic amines) is 1. The number of rotatable bonds is 8. The fraction of sp³-hybridized carbons (Fsp3) is 1.00. The highest BCUT2D eigenvalue weighted by atomic mass is 15.2. The molecule has 0 radical (unpaired) electrons. The van der Waals surface area contributed by atoms with Gasteiger partial charge in [0.15, 0.2) is 0 Å². The molecule has 0 amide bonds. The molecule has 0 spiro atoms. The molecule has 1 N–H and O–H groups in total. The van der Waals surface area contributed by atoms with Gasteiger partial charge in [0.25, 0.3) is 0 Å². The molecule has 0 aromatic carbocycles. The molecule has 1 heterocycles. The minimum atomic E-state index is 0.801. The highest BCUT2D eigenvalue weighted by molar-refractivity contribution is 4.79. The standard InChI is InChI=1S/C15H32N2/c1-4-8-14(3)13-17-11-7-6-9-15(17)12-16-10-5-2/h14-16H,4-13H2,1-3H3. The summed E-state index contributed by atoms with van der Waals surface area (Å²) in [7, 11) is 0. The Morgan fingerprint density at radius 1 is 1.24 bits per heavy atom. The lowest BCUT2D eigenvalue weighted by atomic mass is 9.98. The number of piperidine rings is 1. The van der Waals surface area contributed by atoms with E-state index in [1.165, 1.54) is 64.7 Å². The molecule has 2 unspecified atom stereocenters. The van der Waals surface area contributed by atoms with Crippen LogP contribution < -0.4 is 5.32 Å². The van der Waals surface area contributed by atoms with Crippen molar-refractivity contribution in [3.63, 3.8) is 0 Å². The summed E-state index contributed by atoms with van der Waals surface area (Å²) in [4.78, 5) is 2.74. The Bertz CT molecular complexity index is 182. The number of hydrogen-bond acceptors (Lipinski definition) is 2. The van der Waals surface area contributed by atoms with Gasteiger partial charge in [0.1, 0.15) is 0 Å². The lowest BCUT2D eigenvalue weighted by Gasteiger charge is -2.37. The maximum atomic E-state index is 3.60. The van der Waals surface area contributed by atoms with E-state index in [9.17, 15) is 0 Å². The predicted octanol–water partition coefficient (Wildman–Crippen LogP) is 3.28. The van der Waals surface area contributed by atoms with Gasteiger partial charge < -0.3 is 5.32 Å². The van der Waals surface area contributed by atoms with Crippen molar-refractivity contribution in [1.29, 1.82) is 0 Å². The maximum absolute atomic E-state index is 3.60. The Morgan fingerprint density at radius 3 is 2.76 bits per heavy atom. The molecule has 2 atom stereocenters. The smallest absolute Gasteiger partial charge is 0.0220 e. The molecule has 0 bridgehead atoms. The van der Waals surface area contributed by atoms with E-state index in [2.05, 4.69) is 31.0 Å². The van der Waals surface area contributed by atoms with Crippen LogP contribution in [0.1, 0.15) is 59.3 Å². The molecule has 0 aromatic rings. The second kappa shape index (κ2) is 8.93. The summed E-state index contributed by atoms with van der Waals surface area (Å²) in [6.45, 7) is 12.0. The Hall–Kier alpha value is -0.0800. The van der Waals surface area contributed by atoms with Gasteiger partial charge in [-0.3, -0.25) is 4.90 Å². The molecule has 2 nitrogen and oxygen atoms in total. The minimum absolute atomic E-state index is 0.801. The maximum Gasteiger partial charge on any atom is 0.0220 e. The van der Waals surface area contributed by atoms with Gasteiger partial charge >= 0.3 is 0 Å². The zero-order valence-corrected chi connectivity index (χ0v) is 12.2. The van der Waals surface area contributed by atoms with Crippen LogP contribution in [-0.4, -0.2) is 37.1 Å². The van der Waals surface area contributed by atoms with Gasteiger partial charge in [-0.05, 0) is 44.7 Å². The van der Waals surface area contributed by atoms with Crippen LogP contribution in [0.15, 0.2) is 0 Å².